The Morgan fingerprint density at radius 1 is 1.32 bits per heavy atom. The Morgan fingerprint density at radius 2 is 2.05 bits per heavy atom. The quantitative estimate of drug-likeness (QED) is 0.804. The minimum absolute atomic E-state index is 0.00304. The molecule has 1 heterocycles. The molecule has 4 heteroatoms. The van der Waals surface area contributed by atoms with Gasteiger partial charge in [0.05, 0.1) is 0 Å². The maximum Gasteiger partial charge on any atom is 0.219 e. The third-order valence-corrected chi connectivity index (χ3v) is 3.52. The van der Waals surface area contributed by atoms with Crippen LogP contribution < -0.4 is 0 Å². The molecule has 0 fully saturated rings. The molecule has 1 aromatic carbocycles. The first kappa shape index (κ1) is 13.7. The lowest BCUT2D eigenvalue weighted by molar-refractivity contribution is -0.128. The van der Waals surface area contributed by atoms with Crippen molar-refractivity contribution in [1.82, 2.24) is 4.90 Å². The Bertz CT molecular complexity index is 537. The van der Waals surface area contributed by atoms with Gasteiger partial charge in [0, 0.05) is 25.6 Å². The highest BCUT2D eigenvalue weighted by Crippen LogP contribution is 2.27. The zero-order chi connectivity index (χ0) is 14.0. The van der Waals surface area contributed by atoms with Crippen molar-refractivity contribution in [2.75, 3.05) is 13.1 Å². The summed E-state index contributed by atoms with van der Waals surface area (Å²) in [4.78, 5) is 12.9. The predicted molar refractivity (Wildman–Crippen MR) is 70.6 cm³/mol. The van der Waals surface area contributed by atoms with Gasteiger partial charge in [-0.3, -0.25) is 4.79 Å². The van der Waals surface area contributed by atoms with Crippen LogP contribution in [0.1, 0.15) is 31.4 Å². The van der Waals surface area contributed by atoms with Gasteiger partial charge in [0.2, 0.25) is 5.91 Å². The summed E-state index contributed by atoms with van der Waals surface area (Å²) in [5, 5.41) is 0. The molecule has 1 aliphatic heterocycles. The molecule has 2 rings (SSSR count). The minimum atomic E-state index is -0.388. The van der Waals surface area contributed by atoms with E-state index in [4.69, 9.17) is 0 Å². The van der Waals surface area contributed by atoms with Crippen LogP contribution in [-0.4, -0.2) is 23.9 Å². The van der Waals surface area contributed by atoms with Crippen LogP contribution in [0.3, 0.4) is 0 Å². The van der Waals surface area contributed by atoms with Gasteiger partial charge < -0.3 is 4.90 Å². The summed E-state index contributed by atoms with van der Waals surface area (Å²) in [7, 11) is 0. The summed E-state index contributed by atoms with van der Waals surface area (Å²) in [6.07, 6.45) is 2.83. The summed E-state index contributed by atoms with van der Waals surface area (Å²) < 4.78 is 27.7. The van der Waals surface area contributed by atoms with Gasteiger partial charge in [-0.15, -0.1) is 0 Å². The maximum absolute atomic E-state index is 14.0. The number of amides is 1. The van der Waals surface area contributed by atoms with Gasteiger partial charge in [0.25, 0.3) is 0 Å². The standard InChI is InChI=1S/C15H17F2NO/c1-3-11-8-15(17)13(9-14(11)16)12-4-6-18(7-5-12)10(2)19/h4,8-9H,3,5-7H2,1-2H3. The number of hydrogen-bond acceptors (Lipinski definition) is 1. The number of nitrogens with zero attached hydrogens (tertiary/aromatic N) is 1. The lowest BCUT2D eigenvalue weighted by Gasteiger charge is -2.25. The normalized spacial score (nSPS) is 15.4. The number of rotatable bonds is 2. The summed E-state index contributed by atoms with van der Waals surface area (Å²) in [5.41, 5.74) is 1.48. The Labute approximate surface area is 111 Å². The smallest absolute Gasteiger partial charge is 0.219 e. The van der Waals surface area contributed by atoms with E-state index in [0.29, 0.717) is 37.1 Å². The molecular formula is C15H17F2NO. The first-order valence-corrected chi connectivity index (χ1v) is 6.45. The molecule has 0 N–H and O–H groups in total. The largest absolute Gasteiger partial charge is 0.339 e. The van der Waals surface area contributed by atoms with Crippen molar-refractivity contribution in [1.29, 1.82) is 0 Å². The van der Waals surface area contributed by atoms with Crippen LogP contribution in [0.5, 0.6) is 0 Å². The van der Waals surface area contributed by atoms with Crippen molar-refractivity contribution >= 4 is 11.5 Å². The average molecular weight is 265 g/mol. The molecule has 2 nitrogen and oxygen atoms in total. The Kier molecular flexibility index (Phi) is 3.98. The van der Waals surface area contributed by atoms with Gasteiger partial charge in [-0.2, -0.15) is 0 Å². The zero-order valence-electron chi connectivity index (χ0n) is 11.2. The van der Waals surface area contributed by atoms with Crippen molar-refractivity contribution < 1.29 is 13.6 Å². The Morgan fingerprint density at radius 3 is 2.58 bits per heavy atom. The highest BCUT2D eigenvalue weighted by molar-refractivity contribution is 5.76. The molecule has 0 radical (unpaired) electrons. The number of aryl methyl sites for hydroxylation is 1. The second-order valence-corrected chi connectivity index (χ2v) is 4.72. The molecule has 102 valence electrons. The molecule has 0 spiro atoms. The number of carbonyl (C=O) groups is 1. The molecule has 19 heavy (non-hydrogen) atoms. The first-order valence-electron chi connectivity index (χ1n) is 6.45. The number of halogens is 2. The number of carbonyl (C=O) groups excluding carboxylic acids is 1. The minimum Gasteiger partial charge on any atom is -0.339 e. The van der Waals surface area contributed by atoms with E-state index in [0.717, 1.165) is 5.57 Å². The molecule has 0 atom stereocenters. The molecule has 0 aliphatic carbocycles. The van der Waals surface area contributed by atoms with Crippen LogP contribution in [0.4, 0.5) is 8.78 Å². The highest BCUT2D eigenvalue weighted by atomic mass is 19.1. The van der Waals surface area contributed by atoms with Gasteiger partial charge in [0.1, 0.15) is 11.6 Å². The van der Waals surface area contributed by atoms with Gasteiger partial charge in [-0.1, -0.05) is 13.0 Å². The average Bonchev–Trinajstić information content (AvgIpc) is 2.41. The highest BCUT2D eigenvalue weighted by Gasteiger charge is 2.18. The first-order chi connectivity index (χ1) is 9.02. The van der Waals surface area contributed by atoms with Crippen LogP contribution in [0, 0.1) is 11.6 Å². The van der Waals surface area contributed by atoms with Gasteiger partial charge in [0.15, 0.2) is 0 Å². The van der Waals surface area contributed by atoms with E-state index < -0.39 is 0 Å². The van der Waals surface area contributed by atoms with Crippen molar-refractivity contribution in [3.05, 3.63) is 41.0 Å². The lowest BCUT2D eigenvalue weighted by atomic mass is 9.97. The molecule has 0 bridgehead atoms. The summed E-state index contributed by atoms with van der Waals surface area (Å²) in [6.45, 7) is 4.32. The second-order valence-electron chi connectivity index (χ2n) is 4.72. The van der Waals surface area contributed by atoms with Gasteiger partial charge >= 0.3 is 0 Å². The molecule has 0 aromatic heterocycles. The third-order valence-electron chi connectivity index (χ3n) is 3.52. The monoisotopic (exact) mass is 265 g/mol. The summed E-state index contributed by atoms with van der Waals surface area (Å²) in [6, 6.07) is 2.53. The van der Waals surface area contributed by atoms with Crippen LogP contribution in [0.15, 0.2) is 18.2 Å². The SMILES string of the molecule is CCc1cc(F)c(C2=CCN(C(C)=O)CC2)cc1F. The fraction of sp³-hybridized carbons (Fsp3) is 0.400. The van der Waals surface area contributed by atoms with E-state index >= 15 is 0 Å². The lowest BCUT2D eigenvalue weighted by Crippen LogP contribution is -2.32. The van der Waals surface area contributed by atoms with E-state index in [9.17, 15) is 13.6 Å². The molecule has 1 aliphatic rings. The van der Waals surface area contributed by atoms with Crippen molar-refractivity contribution in [2.45, 2.75) is 26.7 Å². The van der Waals surface area contributed by atoms with Crippen molar-refractivity contribution in [3.8, 4) is 0 Å². The number of hydrogen-bond donors (Lipinski definition) is 0. The van der Waals surface area contributed by atoms with Crippen LogP contribution >= 0.6 is 0 Å². The van der Waals surface area contributed by atoms with Crippen molar-refractivity contribution in [2.24, 2.45) is 0 Å². The molecule has 0 saturated carbocycles. The molecular weight excluding hydrogens is 248 g/mol. The maximum atomic E-state index is 14.0. The van der Waals surface area contributed by atoms with E-state index in [1.807, 2.05) is 0 Å². The van der Waals surface area contributed by atoms with E-state index in [1.54, 1.807) is 17.9 Å². The molecule has 0 saturated heterocycles. The topological polar surface area (TPSA) is 20.3 Å². The third kappa shape index (κ3) is 2.83. The fourth-order valence-corrected chi connectivity index (χ4v) is 2.30. The van der Waals surface area contributed by atoms with E-state index in [1.165, 1.54) is 19.1 Å². The second kappa shape index (κ2) is 5.51. The molecule has 1 aromatic rings. The summed E-state index contributed by atoms with van der Waals surface area (Å²) in [5.74, 6) is -0.752. The fourth-order valence-electron chi connectivity index (χ4n) is 2.30. The predicted octanol–water partition coefficient (Wildman–Crippen LogP) is 3.16. The van der Waals surface area contributed by atoms with Crippen LogP contribution in [0.2, 0.25) is 0 Å². The zero-order valence-corrected chi connectivity index (χ0v) is 11.2. The van der Waals surface area contributed by atoms with Gasteiger partial charge in [-0.25, -0.2) is 8.78 Å². The Balaban J connectivity index is 2.29. The summed E-state index contributed by atoms with van der Waals surface area (Å²) >= 11 is 0. The molecule has 0 unspecified atom stereocenters. The van der Waals surface area contributed by atoms with E-state index in [-0.39, 0.29) is 17.5 Å². The van der Waals surface area contributed by atoms with Crippen LogP contribution in [0.25, 0.3) is 5.57 Å². The number of benzene rings is 1. The molecule has 1 amide bonds. The van der Waals surface area contributed by atoms with Crippen LogP contribution in [-0.2, 0) is 11.2 Å². The Hall–Kier alpha value is -1.71. The van der Waals surface area contributed by atoms with E-state index in [2.05, 4.69) is 0 Å². The van der Waals surface area contributed by atoms with Gasteiger partial charge in [-0.05, 0) is 36.1 Å². The van der Waals surface area contributed by atoms with Crippen molar-refractivity contribution in [3.63, 3.8) is 0 Å².